The van der Waals surface area contributed by atoms with Gasteiger partial charge in [-0.2, -0.15) is 9.29 Å². The molecule has 3 heterocycles. The van der Waals surface area contributed by atoms with Crippen molar-refractivity contribution in [3.8, 4) is 0 Å². The number of fused-ring (bicyclic) bond motifs is 1. The minimum atomic E-state index is -3.67. The topological polar surface area (TPSA) is 108 Å². The largest absolute Gasteiger partial charge is 0.349 e. The van der Waals surface area contributed by atoms with Crippen LogP contribution in [-0.2, 0) is 14.8 Å². The van der Waals surface area contributed by atoms with Crippen LogP contribution < -0.4 is 15.5 Å². The van der Waals surface area contributed by atoms with Crippen LogP contribution in [0.3, 0.4) is 0 Å². The third-order valence-electron chi connectivity index (χ3n) is 5.60. The number of likely N-dealkylation sites (N-methyl/N-ethyl adjacent to an activating group) is 1. The van der Waals surface area contributed by atoms with Crippen molar-refractivity contribution >= 4 is 33.4 Å². The molecule has 9 nitrogen and oxygen atoms in total. The van der Waals surface area contributed by atoms with E-state index < -0.39 is 15.8 Å². The third-order valence-corrected chi connectivity index (χ3v) is 7.45. The second-order valence-corrected chi connectivity index (χ2v) is 10.2. The maximum Gasteiger partial charge on any atom is 0.247 e. The number of hydrogen-bond acceptors (Lipinski definition) is 7. The molecule has 0 spiro atoms. The highest BCUT2D eigenvalue weighted by atomic mass is 32.2. The average molecular weight is 449 g/mol. The smallest absolute Gasteiger partial charge is 0.247 e. The second-order valence-electron chi connectivity index (χ2n) is 8.24. The van der Waals surface area contributed by atoms with Crippen molar-refractivity contribution in [3.63, 3.8) is 0 Å². The van der Waals surface area contributed by atoms with Gasteiger partial charge in [-0.1, -0.05) is 13.8 Å². The lowest BCUT2D eigenvalue weighted by molar-refractivity contribution is -0.118. The Kier molecular flexibility index (Phi) is 5.34. The molecule has 31 heavy (non-hydrogen) atoms. The van der Waals surface area contributed by atoms with E-state index in [9.17, 15) is 17.6 Å². The molecule has 0 bridgehead atoms. The van der Waals surface area contributed by atoms with Crippen LogP contribution in [0.25, 0.3) is 0 Å². The van der Waals surface area contributed by atoms with Gasteiger partial charge in [-0.3, -0.25) is 4.79 Å². The highest BCUT2D eigenvalue weighted by molar-refractivity contribution is 7.89. The fourth-order valence-corrected chi connectivity index (χ4v) is 5.47. The van der Waals surface area contributed by atoms with Gasteiger partial charge in [0.1, 0.15) is 17.5 Å². The number of nitrogens with zero attached hydrogens (tertiary/aromatic N) is 4. The van der Waals surface area contributed by atoms with Crippen LogP contribution in [0.15, 0.2) is 29.2 Å². The summed E-state index contributed by atoms with van der Waals surface area (Å²) in [6, 6.07) is 4.29. The zero-order valence-electron chi connectivity index (χ0n) is 17.8. The number of amides is 1. The number of halogens is 1. The van der Waals surface area contributed by atoms with E-state index >= 15 is 0 Å². The molecule has 0 radical (unpaired) electrons. The van der Waals surface area contributed by atoms with Gasteiger partial charge in [0, 0.05) is 20.1 Å². The van der Waals surface area contributed by atoms with Crippen molar-refractivity contribution in [2.24, 2.45) is 5.92 Å². The summed E-state index contributed by atoms with van der Waals surface area (Å²) < 4.78 is 39.7. The van der Waals surface area contributed by atoms with Crippen molar-refractivity contribution in [3.05, 3.63) is 35.8 Å². The monoisotopic (exact) mass is 448 g/mol. The second kappa shape index (κ2) is 7.72. The lowest BCUT2D eigenvalue weighted by atomic mass is 9.99. The van der Waals surface area contributed by atoms with Gasteiger partial charge in [-0.15, -0.1) is 0 Å². The summed E-state index contributed by atoms with van der Waals surface area (Å²) in [6.07, 6.45) is 0. The number of aromatic nitrogens is 2. The van der Waals surface area contributed by atoms with Gasteiger partial charge in [-0.25, -0.2) is 17.8 Å². The van der Waals surface area contributed by atoms with E-state index in [4.69, 9.17) is 0 Å². The Bertz CT molecular complexity index is 1120. The maximum absolute atomic E-state index is 13.1. The summed E-state index contributed by atoms with van der Waals surface area (Å²) in [4.78, 5) is 23.4. The normalized spacial score (nSPS) is 19.7. The number of sulfonamides is 1. The van der Waals surface area contributed by atoms with E-state index in [1.54, 1.807) is 6.92 Å². The van der Waals surface area contributed by atoms with Crippen molar-refractivity contribution in [1.82, 2.24) is 14.3 Å². The molecule has 2 N–H and O–H groups in total. The molecule has 1 atom stereocenters. The summed E-state index contributed by atoms with van der Waals surface area (Å²) >= 11 is 0. The zero-order valence-corrected chi connectivity index (χ0v) is 18.6. The zero-order chi connectivity index (χ0) is 22.5. The SMILES string of the molecule is Cc1nc(NC2CN(S(=O)(=O)c3ccc(F)cc3)C2)nc2c1NC(=O)[C@H](C(C)C)N2C. The van der Waals surface area contributed by atoms with Gasteiger partial charge in [0.2, 0.25) is 21.9 Å². The Labute approximate surface area is 180 Å². The van der Waals surface area contributed by atoms with Crippen molar-refractivity contribution in [2.45, 2.75) is 37.8 Å². The van der Waals surface area contributed by atoms with Gasteiger partial charge >= 0.3 is 0 Å². The van der Waals surface area contributed by atoms with Crippen LogP contribution in [0.1, 0.15) is 19.5 Å². The van der Waals surface area contributed by atoms with Crippen LogP contribution in [0.2, 0.25) is 0 Å². The Morgan fingerprint density at radius 1 is 1.19 bits per heavy atom. The van der Waals surface area contributed by atoms with E-state index in [0.717, 1.165) is 12.1 Å². The molecule has 2 aromatic rings. The van der Waals surface area contributed by atoms with E-state index in [1.807, 2.05) is 25.8 Å². The standard InChI is InChI=1S/C20H25FN6O3S/c1-11(2)17-19(28)24-16-12(3)22-20(25-18(16)26(17)4)23-14-9-27(10-14)31(29,30)15-7-5-13(21)6-8-15/h5-8,11,14,17H,9-10H2,1-4H3,(H,24,28)(H,22,23,25)/t17-/m0/s1. The first kappa shape index (κ1) is 21.4. The number of anilines is 3. The van der Waals surface area contributed by atoms with Gasteiger partial charge < -0.3 is 15.5 Å². The molecule has 0 aliphatic carbocycles. The van der Waals surface area contributed by atoms with Crippen LogP contribution in [-0.4, -0.2) is 60.8 Å². The molecule has 1 saturated heterocycles. The number of aryl methyl sites for hydroxylation is 1. The van der Waals surface area contributed by atoms with Gasteiger partial charge in [-0.05, 0) is 37.1 Å². The fraction of sp³-hybridized carbons (Fsp3) is 0.450. The summed E-state index contributed by atoms with van der Waals surface area (Å²) in [5.41, 5.74) is 1.22. The maximum atomic E-state index is 13.1. The van der Waals surface area contributed by atoms with Crippen LogP contribution in [0.5, 0.6) is 0 Å². The molecule has 4 rings (SSSR count). The summed E-state index contributed by atoms with van der Waals surface area (Å²) in [5, 5.41) is 6.08. The Hall–Kier alpha value is -2.79. The molecular weight excluding hydrogens is 423 g/mol. The molecule has 0 saturated carbocycles. The number of nitrogens with one attached hydrogen (secondary N) is 2. The molecule has 2 aliphatic rings. The van der Waals surface area contributed by atoms with E-state index in [1.165, 1.54) is 16.4 Å². The van der Waals surface area contributed by atoms with E-state index in [2.05, 4.69) is 20.6 Å². The Balaban J connectivity index is 1.48. The number of carbonyl (C=O) groups is 1. The molecule has 11 heteroatoms. The molecule has 0 unspecified atom stereocenters. The molecule has 2 aliphatic heterocycles. The number of benzene rings is 1. The van der Waals surface area contributed by atoms with E-state index in [0.29, 0.717) is 23.1 Å². The lowest BCUT2D eigenvalue weighted by Crippen LogP contribution is -2.57. The highest BCUT2D eigenvalue weighted by Crippen LogP contribution is 2.34. The fourth-order valence-electron chi connectivity index (χ4n) is 3.94. The molecule has 1 aromatic heterocycles. The molecule has 1 aromatic carbocycles. The van der Waals surface area contributed by atoms with Gasteiger partial charge in [0.05, 0.1) is 16.6 Å². The van der Waals surface area contributed by atoms with Gasteiger partial charge in [0.25, 0.3) is 0 Å². The molecule has 1 amide bonds. The number of hydrogen-bond donors (Lipinski definition) is 2. The highest BCUT2D eigenvalue weighted by Gasteiger charge is 2.38. The Morgan fingerprint density at radius 3 is 2.45 bits per heavy atom. The summed E-state index contributed by atoms with van der Waals surface area (Å²) in [5.74, 6) is 0.539. The van der Waals surface area contributed by atoms with Crippen LogP contribution >= 0.6 is 0 Å². The minimum absolute atomic E-state index is 0.0605. The van der Waals surface area contributed by atoms with Crippen molar-refractivity contribution in [2.75, 3.05) is 35.7 Å². The lowest BCUT2D eigenvalue weighted by Gasteiger charge is -2.39. The predicted molar refractivity (Wildman–Crippen MR) is 115 cm³/mol. The predicted octanol–water partition coefficient (Wildman–Crippen LogP) is 1.82. The average Bonchev–Trinajstić information content (AvgIpc) is 2.65. The minimum Gasteiger partial charge on any atom is -0.349 e. The molecule has 1 fully saturated rings. The number of carbonyl (C=O) groups excluding carboxylic acids is 1. The van der Waals surface area contributed by atoms with Crippen molar-refractivity contribution in [1.29, 1.82) is 0 Å². The van der Waals surface area contributed by atoms with Crippen molar-refractivity contribution < 1.29 is 17.6 Å². The first-order chi connectivity index (χ1) is 14.6. The Morgan fingerprint density at radius 2 is 1.84 bits per heavy atom. The first-order valence-electron chi connectivity index (χ1n) is 10.0. The van der Waals surface area contributed by atoms with Crippen LogP contribution in [0.4, 0.5) is 21.8 Å². The molecule has 166 valence electrons. The van der Waals surface area contributed by atoms with E-state index in [-0.39, 0.29) is 41.9 Å². The molecular formula is C20H25FN6O3S. The number of rotatable bonds is 5. The quantitative estimate of drug-likeness (QED) is 0.718. The summed E-state index contributed by atoms with van der Waals surface area (Å²) in [7, 11) is -1.84. The third kappa shape index (κ3) is 3.83. The first-order valence-corrected chi connectivity index (χ1v) is 11.5. The van der Waals surface area contributed by atoms with Gasteiger partial charge in [0.15, 0.2) is 5.82 Å². The van der Waals surface area contributed by atoms with Crippen LogP contribution in [0, 0.1) is 18.7 Å². The summed E-state index contributed by atoms with van der Waals surface area (Å²) in [6.45, 7) is 6.25.